The zero-order valence-electron chi connectivity index (χ0n) is 8.91. The summed E-state index contributed by atoms with van der Waals surface area (Å²) in [5.41, 5.74) is 5.66. The van der Waals surface area contributed by atoms with Crippen LogP contribution in [0, 0.1) is 5.82 Å². The van der Waals surface area contributed by atoms with Crippen molar-refractivity contribution in [1.29, 1.82) is 0 Å². The van der Waals surface area contributed by atoms with E-state index in [4.69, 9.17) is 10.5 Å². The van der Waals surface area contributed by atoms with Gasteiger partial charge in [-0.25, -0.2) is 4.39 Å². The second-order valence-corrected chi connectivity index (χ2v) is 4.10. The molecule has 0 spiro atoms. The van der Waals surface area contributed by atoms with E-state index in [1.165, 1.54) is 24.3 Å². The van der Waals surface area contributed by atoms with Gasteiger partial charge in [-0.1, -0.05) is 0 Å². The Morgan fingerprint density at radius 3 is 2.38 bits per heavy atom. The van der Waals surface area contributed by atoms with Crippen LogP contribution < -0.4 is 5.73 Å². The van der Waals surface area contributed by atoms with Crippen molar-refractivity contribution < 1.29 is 13.9 Å². The van der Waals surface area contributed by atoms with Crippen molar-refractivity contribution in [2.75, 3.05) is 13.2 Å². The number of halogens is 1. The molecular weight excluding hydrogens is 209 g/mol. The fourth-order valence-corrected chi connectivity index (χ4v) is 1.85. The maximum absolute atomic E-state index is 12.7. The van der Waals surface area contributed by atoms with Crippen LogP contribution in [-0.2, 0) is 4.74 Å². The van der Waals surface area contributed by atoms with Gasteiger partial charge in [0.2, 0.25) is 0 Å². The lowest BCUT2D eigenvalue weighted by Crippen LogP contribution is -2.51. The molecule has 0 aliphatic carbocycles. The van der Waals surface area contributed by atoms with Crippen LogP contribution in [0.1, 0.15) is 23.2 Å². The number of benzene rings is 1. The average molecular weight is 223 g/mol. The number of carbonyl (C=O) groups is 1. The normalized spacial score (nSPS) is 19.4. The van der Waals surface area contributed by atoms with E-state index in [9.17, 15) is 9.18 Å². The van der Waals surface area contributed by atoms with Crippen molar-refractivity contribution in [2.24, 2.45) is 5.73 Å². The van der Waals surface area contributed by atoms with E-state index >= 15 is 0 Å². The number of carbonyl (C=O) groups excluding carboxylic acids is 1. The fraction of sp³-hybridized carbons (Fsp3) is 0.417. The third kappa shape index (κ3) is 2.13. The molecule has 0 saturated carbocycles. The molecule has 1 aliphatic rings. The standard InChI is InChI=1S/C12H14FNO2/c13-10-3-1-9(2-4-10)11(15)12(14)5-7-16-8-6-12/h1-4H,5-8,14H2. The van der Waals surface area contributed by atoms with Crippen LogP contribution in [0.3, 0.4) is 0 Å². The first-order valence-corrected chi connectivity index (χ1v) is 5.29. The van der Waals surface area contributed by atoms with Crippen LogP contribution in [0.15, 0.2) is 24.3 Å². The van der Waals surface area contributed by atoms with Crippen LogP contribution in [0.5, 0.6) is 0 Å². The van der Waals surface area contributed by atoms with Crippen molar-refractivity contribution >= 4 is 5.78 Å². The summed E-state index contributed by atoms with van der Waals surface area (Å²) in [6.07, 6.45) is 1.03. The summed E-state index contributed by atoms with van der Waals surface area (Å²) >= 11 is 0. The number of rotatable bonds is 2. The molecular formula is C12H14FNO2. The minimum atomic E-state index is -0.851. The van der Waals surface area contributed by atoms with Crippen LogP contribution in [0.4, 0.5) is 4.39 Å². The topological polar surface area (TPSA) is 52.3 Å². The van der Waals surface area contributed by atoms with E-state index in [0.29, 0.717) is 31.6 Å². The zero-order chi connectivity index (χ0) is 11.6. The summed E-state index contributed by atoms with van der Waals surface area (Å²) in [5.74, 6) is -0.481. The smallest absolute Gasteiger partial charge is 0.182 e. The molecule has 1 aromatic rings. The lowest BCUT2D eigenvalue weighted by atomic mass is 9.83. The predicted octanol–water partition coefficient (Wildman–Crippen LogP) is 1.52. The molecule has 0 atom stereocenters. The lowest BCUT2D eigenvalue weighted by molar-refractivity contribution is 0.0448. The number of hydrogen-bond donors (Lipinski definition) is 1. The van der Waals surface area contributed by atoms with E-state index in [-0.39, 0.29) is 11.6 Å². The first-order valence-electron chi connectivity index (χ1n) is 5.29. The summed E-state index contributed by atoms with van der Waals surface area (Å²) in [5, 5.41) is 0. The maximum atomic E-state index is 12.7. The summed E-state index contributed by atoms with van der Waals surface area (Å²) in [7, 11) is 0. The molecule has 0 radical (unpaired) electrons. The highest BCUT2D eigenvalue weighted by molar-refractivity contribution is 6.03. The first kappa shape index (κ1) is 11.2. The van der Waals surface area contributed by atoms with E-state index in [2.05, 4.69) is 0 Å². The van der Waals surface area contributed by atoms with E-state index in [1.807, 2.05) is 0 Å². The van der Waals surface area contributed by atoms with Crippen LogP contribution in [0.2, 0.25) is 0 Å². The molecule has 2 rings (SSSR count). The highest BCUT2D eigenvalue weighted by atomic mass is 19.1. The van der Waals surface area contributed by atoms with Crippen LogP contribution in [0.25, 0.3) is 0 Å². The second-order valence-electron chi connectivity index (χ2n) is 4.10. The Labute approximate surface area is 93.4 Å². The average Bonchev–Trinajstić information content (AvgIpc) is 2.30. The molecule has 1 heterocycles. The Morgan fingerprint density at radius 2 is 1.81 bits per heavy atom. The van der Waals surface area contributed by atoms with E-state index in [1.54, 1.807) is 0 Å². The van der Waals surface area contributed by atoms with Gasteiger partial charge < -0.3 is 10.5 Å². The van der Waals surface area contributed by atoms with Gasteiger partial charge in [0, 0.05) is 18.8 Å². The quantitative estimate of drug-likeness (QED) is 0.773. The van der Waals surface area contributed by atoms with Crippen molar-refractivity contribution in [3.63, 3.8) is 0 Å². The van der Waals surface area contributed by atoms with E-state index < -0.39 is 5.54 Å². The number of hydrogen-bond acceptors (Lipinski definition) is 3. The maximum Gasteiger partial charge on any atom is 0.182 e. The summed E-state index contributed by atoms with van der Waals surface area (Å²) < 4.78 is 17.9. The van der Waals surface area contributed by atoms with Gasteiger partial charge in [-0.05, 0) is 37.1 Å². The van der Waals surface area contributed by atoms with Gasteiger partial charge in [-0.2, -0.15) is 0 Å². The SMILES string of the molecule is NC1(C(=O)c2ccc(F)cc2)CCOCC1. The molecule has 16 heavy (non-hydrogen) atoms. The third-order valence-electron chi connectivity index (χ3n) is 2.94. The molecule has 3 nitrogen and oxygen atoms in total. The highest BCUT2D eigenvalue weighted by Crippen LogP contribution is 2.22. The molecule has 86 valence electrons. The molecule has 4 heteroatoms. The second kappa shape index (κ2) is 4.31. The highest BCUT2D eigenvalue weighted by Gasteiger charge is 2.36. The first-order chi connectivity index (χ1) is 7.62. The predicted molar refractivity (Wildman–Crippen MR) is 57.7 cm³/mol. The zero-order valence-corrected chi connectivity index (χ0v) is 8.91. The Balaban J connectivity index is 2.20. The fourth-order valence-electron chi connectivity index (χ4n) is 1.85. The van der Waals surface area contributed by atoms with Crippen molar-refractivity contribution in [3.05, 3.63) is 35.6 Å². The number of Topliss-reactive ketones (excluding diaryl/α,β-unsaturated/α-hetero) is 1. The van der Waals surface area contributed by atoms with E-state index in [0.717, 1.165) is 0 Å². The number of ether oxygens (including phenoxy) is 1. The number of ketones is 1. The van der Waals surface area contributed by atoms with Gasteiger partial charge in [0.05, 0.1) is 5.54 Å². The van der Waals surface area contributed by atoms with Crippen LogP contribution in [-0.4, -0.2) is 24.5 Å². The molecule has 0 amide bonds. The van der Waals surface area contributed by atoms with Crippen LogP contribution >= 0.6 is 0 Å². The third-order valence-corrected chi connectivity index (χ3v) is 2.94. The molecule has 0 unspecified atom stereocenters. The van der Waals surface area contributed by atoms with Crippen molar-refractivity contribution in [3.8, 4) is 0 Å². The van der Waals surface area contributed by atoms with Gasteiger partial charge in [0.15, 0.2) is 5.78 Å². The van der Waals surface area contributed by atoms with Crippen molar-refractivity contribution in [1.82, 2.24) is 0 Å². The molecule has 1 fully saturated rings. The minimum Gasteiger partial charge on any atom is -0.381 e. The Kier molecular flexibility index (Phi) is 3.03. The molecule has 1 aromatic carbocycles. The molecule has 2 N–H and O–H groups in total. The van der Waals surface area contributed by atoms with Crippen molar-refractivity contribution in [2.45, 2.75) is 18.4 Å². The lowest BCUT2D eigenvalue weighted by Gasteiger charge is -2.31. The number of nitrogens with two attached hydrogens (primary N) is 1. The summed E-state index contributed by atoms with van der Waals surface area (Å²) in [4.78, 5) is 12.1. The molecule has 0 aromatic heterocycles. The monoisotopic (exact) mass is 223 g/mol. The van der Waals surface area contributed by atoms with Gasteiger partial charge >= 0.3 is 0 Å². The van der Waals surface area contributed by atoms with Gasteiger partial charge in [0.25, 0.3) is 0 Å². The molecule has 1 aliphatic heterocycles. The minimum absolute atomic E-state index is 0.129. The summed E-state index contributed by atoms with van der Waals surface area (Å²) in [6, 6.07) is 5.50. The largest absolute Gasteiger partial charge is 0.381 e. The van der Waals surface area contributed by atoms with Gasteiger partial charge in [-0.3, -0.25) is 4.79 Å². The molecule has 0 bridgehead atoms. The van der Waals surface area contributed by atoms with Gasteiger partial charge in [0.1, 0.15) is 5.82 Å². The Hall–Kier alpha value is -1.26. The Morgan fingerprint density at radius 1 is 1.25 bits per heavy atom. The molecule has 1 saturated heterocycles. The Bertz CT molecular complexity index is 383. The summed E-state index contributed by atoms with van der Waals surface area (Å²) in [6.45, 7) is 1.01. The van der Waals surface area contributed by atoms with Gasteiger partial charge in [-0.15, -0.1) is 0 Å².